The van der Waals surface area contributed by atoms with Crippen molar-refractivity contribution in [3.8, 4) is 0 Å². The minimum Gasteiger partial charge on any atom is -0.396 e. The molecule has 2 aliphatic carbocycles. The zero-order chi connectivity index (χ0) is 8.22. The van der Waals surface area contributed by atoms with Gasteiger partial charge in [0.2, 0.25) is 0 Å². The summed E-state index contributed by atoms with van der Waals surface area (Å²) in [5, 5.41) is 27.8. The smallest absolute Gasteiger partial charge is 0.0859 e. The van der Waals surface area contributed by atoms with Gasteiger partial charge in [-0.1, -0.05) is 6.92 Å². The fourth-order valence-electron chi connectivity index (χ4n) is 2.49. The second kappa shape index (κ2) is 1.97. The highest BCUT2D eigenvalue weighted by Crippen LogP contribution is 2.65. The molecule has 0 spiro atoms. The summed E-state index contributed by atoms with van der Waals surface area (Å²) in [5.41, 5.74) is -0.0905. The summed E-state index contributed by atoms with van der Waals surface area (Å²) >= 11 is 0. The van der Waals surface area contributed by atoms with Crippen LogP contribution in [0, 0.1) is 17.3 Å². The van der Waals surface area contributed by atoms with E-state index in [0.29, 0.717) is 5.92 Å². The standard InChI is InChI=1S/C8H14O3/c1-8-2-5(8)4(3-9)6(10)7(8)11/h4-7,9-11H,2-3H2,1H3/t4-,5-,6+,7+,8+/m0/s1. The molecule has 3 nitrogen and oxygen atoms in total. The molecular weight excluding hydrogens is 144 g/mol. The maximum atomic E-state index is 9.51. The van der Waals surface area contributed by atoms with E-state index in [0.717, 1.165) is 6.42 Å². The third-order valence-corrected chi connectivity index (χ3v) is 3.51. The molecule has 0 saturated heterocycles. The van der Waals surface area contributed by atoms with Crippen LogP contribution in [0.1, 0.15) is 13.3 Å². The van der Waals surface area contributed by atoms with Crippen molar-refractivity contribution in [1.82, 2.24) is 0 Å². The Morgan fingerprint density at radius 3 is 2.36 bits per heavy atom. The van der Waals surface area contributed by atoms with Gasteiger partial charge in [-0.25, -0.2) is 0 Å². The van der Waals surface area contributed by atoms with Gasteiger partial charge < -0.3 is 15.3 Å². The molecule has 0 aromatic carbocycles. The first-order chi connectivity index (χ1) is 5.11. The molecule has 2 aliphatic rings. The quantitative estimate of drug-likeness (QED) is 0.475. The summed E-state index contributed by atoms with van der Waals surface area (Å²) in [4.78, 5) is 0. The van der Waals surface area contributed by atoms with Crippen LogP contribution >= 0.6 is 0 Å². The van der Waals surface area contributed by atoms with Crippen molar-refractivity contribution in [2.45, 2.75) is 25.6 Å². The van der Waals surface area contributed by atoms with Crippen LogP contribution in [0.15, 0.2) is 0 Å². The highest BCUT2D eigenvalue weighted by molar-refractivity contribution is 5.16. The summed E-state index contributed by atoms with van der Waals surface area (Å²) < 4.78 is 0. The Kier molecular flexibility index (Phi) is 1.35. The van der Waals surface area contributed by atoms with Crippen LogP contribution < -0.4 is 0 Å². The normalized spacial score (nSPS) is 61.1. The van der Waals surface area contributed by atoms with Crippen LogP contribution in [0.5, 0.6) is 0 Å². The first kappa shape index (κ1) is 7.53. The van der Waals surface area contributed by atoms with Gasteiger partial charge in [0.1, 0.15) is 0 Å². The Hall–Kier alpha value is -0.120. The third-order valence-electron chi connectivity index (χ3n) is 3.51. The third kappa shape index (κ3) is 0.736. The Morgan fingerprint density at radius 2 is 2.09 bits per heavy atom. The van der Waals surface area contributed by atoms with Crippen molar-refractivity contribution in [3.05, 3.63) is 0 Å². The van der Waals surface area contributed by atoms with Gasteiger partial charge in [0, 0.05) is 12.5 Å². The van der Waals surface area contributed by atoms with Crippen LogP contribution in [0.2, 0.25) is 0 Å². The summed E-state index contributed by atoms with van der Waals surface area (Å²) in [6.45, 7) is 1.97. The number of hydrogen-bond donors (Lipinski definition) is 3. The Labute approximate surface area is 65.7 Å². The van der Waals surface area contributed by atoms with Crippen molar-refractivity contribution in [1.29, 1.82) is 0 Å². The van der Waals surface area contributed by atoms with Gasteiger partial charge in [0.15, 0.2) is 0 Å². The van der Waals surface area contributed by atoms with Crippen LogP contribution in [-0.2, 0) is 0 Å². The van der Waals surface area contributed by atoms with Crippen LogP contribution in [0.4, 0.5) is 0 Å². The summed E-state index contributed by atoms with van der Waals surface area (Å²) in [6, 6.07) is 0. The fraction of sp³-hybridized carbons (Fsp3) is 1.00. The van der Waals surface area contributed by atoms with Gasteiger partial charge in [-0.05, 0) is 17.8 Å². The summed E-state index contributed by atoms with van der Waals surface area (Å²) in [7, 11) is 0. The number of aliphatic hydroxyl groups is 3. The van der Waals surface area contributed by atoms with E-state index >= 15 is 0 Å². The second-order valence-corrected chi connectivity index (χ2v) is 4.10. The zero-order valence-electron chi connectivity index (χ0n) is 6.57. The van der Waals surface area contributed by atoms with E-state index < -0.39 is 12.2 Å². The van der Waals surface area contributed by atoms with Crippen molar-refractivity contribution >= 4 is 0 Å². The molecule has 0 heterocycles. The first-order valence-electron chi connectivity index (χ1n) is 4.08. The molecule has 3 heteroatoms. The van der Waals surface area contributed by atoms with Crippen molar-refractivity contribution < 1.29 is 15.3 Å². The van der Waals surface area contributed by atoms with Crippen LogP contribution in [0.25, 0.3) is 0 Å². The number of hydrogen-bond acceptors (Lipinski definition) is 3. The average Bonchev–Trinajstić information content (AvgIpc) is 2.59. The van der Waals surface area contributed by atoms with E-state index in [9.17, 15) is 10.2 Å². The molecule has 11 heavy (non-hydrogen) atoms. The van der Waals surface area contributed by atoms with Crippen LogP contribution in [0.3, 0.4) is 0 Å². The minimum atomic E-state index is -0.705. The highest BCUT2D eigenvalue weighted by atomic mass is 16.3. The van der Waals surface area contributed by atoms with Gasteiger partial charge >= 0.3 is 0 Å². The average molecular weight is 158 g/mol. The predicted octanol–water partition coefficient (Wildman–Crippen LogP) is -0.643. The van der Waals surface area contributed by atoms with Gasteiger partial charge in [-0.3, -0.25) is 0 Å². The molecule has 3 N–H and O–H groups in total. The molecule has 0 aromatic rings. The lowest BCUT2D eigenvalue weighted by atomic mass is 9.99. The highest BCUT2D eigenvalue weighted by Gasteiger charge is 2.67. The topological polar surface area (TPSA) is 60.7 Å². The molecule has 5 atom stereocenters. The van der Waals surface area contributed by atoms with Crippen molar-refractivity contribution in [2.75, 3.05) is 6.61 Å². The monoisotopic (exact) mass is 158 g/mol. The van der Waals surface area contributed by atoms with E-state index in [4.69, 9.17) is 5.11 Å². The number of rotatable bonds is 1. The Balaban J connectivity index is 2.18. The largest absolute Gasteiger partial charge is 0.396 e. The lowest BCUT2D eigenvalue weighted by Gasteiger charge is -2.19. The van der Waals surface area contributed by atoms with E-state index in [2.05, 4.69) is 0 Å². The molecule has 0 bridgehead atoms. The molecule has 0 unspecified atom stereocenters. The molecule has 2 fully saturated rings. The van der Waals surface area contributed by atoms with Gasteiger partial charge in [0.05, 0.1) is 12.2 Å². The zero-order valence-corrected chi connectivity index (χ0v) is 6.57. The second-order valence-electron chi connectivity index (χ2n) is 4.10. The van der Waals surface area contributed by atoms with Gasteiger partial charge in [0.25, 0.3) is 0 Å². The molecule has 64 valence electrons. The van der Waals surface area contributed by atoms with E-state index in [1.165, 1.54) is 0 Å². The van der Waals surface area contributed by atoms with Gasteiger partial charge in [-0.2, -0.15) is 0 Å². The number of aliphatic hydroxyl groups excluding tert-OH is 3. The molecule has 0 radical (unpaired) electrons. The summed E-state index contributed by atoms with van der Waals surface area (Å²) in [5.74, 6) is 0.257. The maximum absolute atomic E-state index is 9.51. The molecule has 2 rings (SSSR count). The minimum absolute atomic E-state index is 0.00150. The SMILES string of the molecule is C[C@@]12C[C@H]1[C@H](CO)[C@@H](O)[C@H]2O. The molecule has 0 amide bonds. The van der Waals surface area contributed by atoms with E-state index in [-0.39, 0.29) is 17.9 Å². The molecular formula is C8H14O3. The lowest BCUT2D eigenvalue weighted by molar-refractivity contribution is -0.0271. The molecule has 0 aliphatic heterocycles. The Bertz CT molecular complexity index is 180. The fourth-order valence-corrected chi connectivity index (χ4v) is 2.49. The Morgan fingerprint density at radius 1 is 1.45 bits per heavy atom. The van der Waals surface area contributed by atoms with Gasteiger partial charge in [-0.15, -0.1) is 0 Å². The van der Waals surface area contributed by atoms with Crippen molar-refractivity contribution in [3.63, 3.8) is 0 Å². The lowest BCUT2D eigenvalue weighted by Crippen LogP contribution is -2.33. The number of fused-ring (bicyclic) bond motifs is 1. The van der Waals surface area contributed by atoms with Crippen LogP contribution in [-0.4, -0.2) is 34.1 Å². The van der Waals surface area contributed by atoms with Crippen molar-refractivity contribution in [2.24, 2.45) is 17.3 Å². The maximum Gasteiger partial charge on any atom is 0.0859 e. The molecule has 0 aromatic heterocycles. The first-order valence-corrected chi connectivity index (χ1v) is 4.08. The summed E-state index contributed by atoms with van der Waals surface area (Å²) in [6.07, 6.45) is -0.371. The molecule has 2 saturated carbocycles. The van der Waals surface area contributed by atoms with E-state index in [1.54, 1.807) is 0 Å². The van der Waals surface area contributed by atoms with E-state index in [1.807, 2.05) is 6.92 Å². The predicted molar refractivity (Wildman–Crippen MR) is 38.8 cm³/mol.